The lowest BCUT2D eigenvalue weighted by Crippen LogP contribution is -1.94. The van der Waals surface area contributed by atoms with Crippen molar-refractivity contribution in [1.82, 2.24) is 0 Å². The van der Waals surface area contributed by atoms with Crippen LogP contribution in [0.5, 0.6) is 0 Å². The summed E-state index contributed by atoms with van der Waals surface area (Å²) >= 11 is -0.500. The molecule has 0 amide bonds. The molecule has 60 valence electrons. The molecule has 0 fully saturated rings. The zero-order valence-corrected chi connectivity index (χ0v) is 5.97. The minimum atomic E-state index is -0.167. The van der Waals surface area contributed by atoms with Gasteiger partial charge in [-0.15, -0.1) is 14.0 Å². The monoisotopic (exact) mass is 204 g/mol. The third kappa shape index (κ3) is 956. The van der Waals surface area contributed by atoms with E-state index in [2.05, 4.69) is 0 Å². The van der Waals surface area contributed by atoms with Crippen molar-refractivity contribution in [2.45, 2.75) is 0 Å². The fourth-order valence-electron chi connectivity index (χ4n) is 0. The molecule has 0 aliphatic carbocycles. The van der Waals surface area contributed by atoms with Crippen molar-refractivity contribution in [2.75, 3.05) is 0 Å². The van der Waals surface area contributed by atoms with Crippen LogP contribution < -0.4 is 14.0 Å². The van der Waals surface area contributed by atoms with E-state index in [0.29, 0.717) is 0 Å². The third-order valence-electron chi connectivity index (χ3n) is 0. The zero-order chi connectivity index (χ0) is 8.12. The molecule has 0 heterocycles. The van der Waals surface area contributed by atoms with Crippen molar-refractivity contribution in [1.29, 1.82) is 0 Å². The Labute approximate surface area is 62.6 Å². The maximum atomic E-state index is 8.35. The lowest BCUT2D eigenvalue weighted by atomic mass is 15.9. The molecule has 0 radical (unpaired) electrons. The van der Waals surface area contributed by atoms with E-state index < -0.39 is 0 Å². The Morgan fingerprint density at radius 2 is 0.667 bits per heavy atom. The van der Waals surface area contributed by atoms with Gasteiger partial charge in [0.15, 0.2) is 0 Å². The maximum absolute atomic E-state index is 8.35. The highest BCUT2D eigenvalue weighted by Gasteiger charge is 1.47. The van der Waals surface area contributed by atoms with Gasteiger partial charge in [-0.2, -0.15) is 0 Å². The van der Waals surface area contributed by atoms with Gasteiger partial charge in [-0.1, -0.05) is 0 Å². The first-order chi connectivity index (χ1) is 4.24. The molecule has 0 atom stereocenters. The molecule has 6 nitrogen and oxygen atoms in total. The summed E-state index contributed by atoms with van der Waals surface area (Å²) in [5.41, 5.74) is 0. The Kier molecular flexibility index (Phi) is 69.1. The van der Waals surface area contributed by atoms with Crippen LogP contribution in [0.1, 0.15) is 0 Å². The summed E-state index contributed by atoms with van der Waals surface area (Å²) in [6.07, 6.45) is 0. The van der Waals surface area contributed by atoms with Gasteiger partial charge in [-0.3, -0.25) is 0 Å². The number of hydrogen-bond donors (Lipinski definition) is 3. The summed E-state index contributed by atoms with van der Waals surface area (Å²) in [5, 5.41) is 0. The lowest BCUT2D eigenvalue weighted by molar-refractivity contribution is -1.27. The minimum Gasteiger partial charge on any atom is -0.506 e. The maximum Gasteiger partial charge on any atom is 0.327 e. The Morgan fingerprint density at radius 1 is 0.667 bits per heavy atom. The average Bonchev–Trinajstić information content (AvgIpc) is 1.70. The van der Waals surface area contributed by atoms with Crippen LogP contribution in [0.2, 0.25) is 0 Å². The van der Waals surface area contributed by atoms with Gasteiger partial charge in [0.2, 0.25) is 0 Å². The van der Waals surface area contributed by atoms with Gasteiger partial charge in [0, 0.05) is 0 Å². The number of hydrogen-bond acceptors (Lipinski definition) is 6. The highest BCUT2D eigenvalue weighted by molar-refractivity contribution is 1.72. The molecule has 0 aromatic heterocycles. The van der Waals surface area contributed by atoms with Gasteiger partial charge in [0.1, 0.15) is 0 Å². The molecule has 9 heteroatoms. The molecule has 0 saturated carbocycles. The molecule has 0 aliphatic heterocycles. The smallest absolute Gasteiger partial charge is 0.327 e. The molecule has 9 heavy (non-hydrogen) atoms. The first-order valence-electron chi connectivity index (χ1n) is 0.970. The van der Waals surface area contributed by atoms with E-state index in [1.807, 2.05) is 0 Å². The van der Waals surface area contributed by atoms with Gasteiger partial charge in [0.05, 0.1) is 0 Å². The van der Waals surface area contributed by atoms with Gasteiger partial charge in [-0.05, 0) is 0 Å². The van der Waals surface area contributed by atoms with Crippen molar-refractivity contribution in [3.63, 3.8) is 0 Å². The number of rotatable bonds is 0. The highest BCUT2D eigenvalue weighted by atomic mass is 35.6. The number of halogens is 3. The van der Waals surface area contributed by atoms with E-state index in [4.69, 9.17) is 28.0 Å². The van der Waals surface area contributed by atoms with Crippen LogP contribution in [0.15, 0.2) is 0 Å². The fraction of sp³-hybridized carbons (Fsp3) is 0. The van der Waals surface area contributed by atoms with Crippen molar-refractivity contribution >= 4 is 0 Å². The Balaban J connectivity index is -0.0000000600. The second-order valence-electron chi connectivity index (χ2n) is 0.207. The molecule has 3 N–H and O–H groups in total. The zero-order valence-electron chi connectivity index (χ0n) is 3.70. The largest absolute Gasteiger partial charge is 0.506 e. The molecule has 0 aromatic rings. The van der Waals surface area contributed by atoms with Crippen LogP contribution in [-0.4, -0.2) is 14.0 Å². The molecule has 0 aliphatic rings. The van der Waals surface area contributed by atoms with Gasteiger partial charge < -0.3 is 14.0 Å². The van der Waals surface area contributed by atoms with Crippen LogP contribution in [0.4, 0.5) is 0 Å². The third-order valence-corrected chi connectivity index (χ3v) is 0. The van der Waals surface area contributed by atoms with Crippen molar-refractivity contribution in [3.8, 4) is 0 Å². The van der Waals surface area contributed by atoms with Gasteiger partial charge in [-0.25, -0.2) is 0 Å². The topological polar surface area (TPSA) is 130 Å². The summed E-state index contributed by atoms with van der Waals surface area (Å²) < 4.78 is 45.7. The summed E-state index contributed by atoms with van der Waals surface area (Å²) in [7, 11) is 0. The van der Waals surface area contributed by atoms with E-state index in [-0.39, 0.29) is 34.0 Å². The van der Waals surface area contributed by atoms with E-state index in [0.717, 1.165) is 0 Å². The second-order valence-corrected chi connectivity index (χ2v) is 0.621. The van der Waals surface area contributed by atoms with Crippen LogP contribution in [0, 0.1) is 34.0 Å². The predicted molar refractivity (Wildman–Crippen MR) is 6.66 cm³/mol. The molecule has 0 saturated heterocycles. The highest BCUT2D eigenvalue weighted by Crippen LogP contribution is 1.14. The lowest BCUT2D eigenvalue weighted by Gasteiger charge is -1.46. The summed E-state index contributed by atoms with van der Waals surface area (Å²) in [4.78, 5) is 0. The molecule has 0 bridgehead atoms. The second kappa shape index (κ2) is 38.1. The van der Waals surface area contributed by atoms with Crippen LogP contribution in [-0.2, 0) is 0 Å². The first-order valence-corrected chi connectivity index (χ1v) is 2.91. The Hall–Kier alpha value is 0.630. The summed E-state index contributed by atoms with van der Waals surface area (Å²) in [6, 6.07) is 0. The Bertz CT molecular complexity index is 13.0. The van der Waals surface area contributed by atoms with E-state index in [1.165, 1.54) is 0 Å². The SMILES string of the molecule is [O-][Cl+]O.[O-][Cl+]O.[O-][Cl+]O. The fourth-order valence-corrected chi connectivity index (χ4v) is 0. The standard InChI is InChI=1S/3ClHO2/c3*2-1-3/h3*2H. The first kappa shape index (κ1) is 16.3. The van der Waals surface area contributed by atoms with Crippen LogP contribution >= 0.6 is 0 Å². The van der Waals surface area contributed by atoms with Crippen molar-refractivity contribution in [3.05, 3.63) is 0 Å². The van der Waals surface area contributed by atoms with Gasteiger partial charge in [0.25, 0.3) is 0 Å². The average molecular weight is 205 g/mol. The van der Waals surface area contributed by atoms with Crippen LogP contribution in [0.25, 0.3) is 0 Å². The Morgan fingerprint density at radius 3 is 0.667 bits per heavy atom. The molecule has 0 aromatic carbocycles. The van der Waals surface area contributed by atoms with Crippen LogP contribution in [0.3, 0.4) is 0 Å². The molecular formula is H3Cl3O6. The van der Waals surface area contributed by atoms with Crippen molar-refractivity contribution in [2.24, 2.45) is 0 Å². The van der Waals surface area contributed by atoms with Gasteiger partial charge >= 0.3 is 34.0 Å². The molecule has 0 spiro atoms. The minimum absolute atomic E-state index is 0.167. The normalized spacial score (nSPS) is 6.00. The summed E-state index contributed by atoms with van der Waals surface area (Å²) in [6.45, 7) is 0. The van der Waals surface area contributed by atoms with E-state index >= 15 is 0 Å². The molecule has 0 unspecified atom stereocenters. The quantitative estimate of drug-likeness (QED) is 0.362. The van der Waals surface area contributed by atoms with Crippen molar-refractivity contribution < 1.29 is 61.9 Å². The molecule has 0 rings (SSSR count). The predicted octanol–water partition coefficient (Wildman–Crippen LogP) is -5.24. The summed E-state index contributed by atoms with van der Waals surface area (Å²) in [5.74, 6) is 0. The molecular weight excluding hydrogens is 202 g/mol. The van der Waals surface area contributed by atoms with E-state index in [1.54, 1.807) is 0 Å². The van der Waals surface area contributed by atoms with E-state index in [9.17, 15) is 0 Å².